The molecule has 0 aliphatic carbocycles. The molecule has 1 aromatic heterocycles. The van der Waals surface area contributed by atoms with Crippen LogP contribution in [-0.4, -0.2) is 20.4 Å². The molecule has 0 aliphatic heterocycles. The molecule has 0 bridgehead atoms. The normalized spacial score (nSPS) is 10.4. The van der Waals surface area contributed by atoms with Gasteiger partial charge in [-0.15, -0.1) is 0 Å². The van der Waals surface area contributed by atoms with Crippen molar-refractivity contribution in [2.45, 2.75) is 10.1 Å². The Hall–Kier alpha value is -2.35. The van der Waals surface area contributed by atoms with E-state index in [9.17, 15) is 14.9 Å². The van der Waals surface area contributed by atoms with Crippen molar-refractivity contribution in [1.29, 1.82) is 0 Å². The summed E-state index contributed by atoms with van der Waals surface area (Å²) in [6.45, 7) is 0. The van der Waals surface area contributed by atoms with Crippen LogP contribution in [0.2, 0.25) is 0 Å². The summed E-state index contributed by atoms with van der Waals surface area (Å²) in [5, 5.41) is 11.6. The first-order valence-electron chi connectivity index (χ1n) is 5.22. The Kier molecular flexibility index (Phi) is 3.52. The van der Waals surface area contributed by atoms with Gasteiger partial charge in [0.05, 0.1) is 9.82 Å². The number of carbonyl (C=O) groups excluding carboxylic acids is 1. The zero-order chi connectivity index (χ0) is 14.0. The van der Waals surface area contributed by atoms with Crippen LogP contribution in [-0.2, 0) is 7.05 Å². The van der Waals surface area contributed by atoms with Gasteiger partial charge in [-0.25, -0.2) is 4.98 Å². The second kappa shape index (κ2) is 5.11. The number of imidazole rings is 1. The van der Waals surface area contributed by atoms with Gasteiger partial charge in [-0.05, 0) is 23.9 Å². The lowest BCUT2D eigenvalue weighted by atomic mass is 10.2. The van der Waals surface area contributed by atoms with Crippen molar-refractivity contribution in [3.63, 3.8) is 0 Å². The van der Waals surface area contributed by atoms with E-state index in [2.05, 4.69) is 4.98 Å². The summed E-state index contributed by atoms with van der Waals surface area (Å²) >= 11 is 1.15. The maximum absolute atomic E-state index is 11.0. The molecule has 2 N–H and O–H groups in total. The molecule has 1 heterocycles. The second-order valence-corrected chi connectivity index (χ2v) is 4.74. The number of aryl methyl sites for hydroxylation is 1. The van der Waals surface area contributed by atoms with Crippen molar-refractivity contribution in [3.05, 3.63) is 46.3 Å². The third-order valence-electron chi connectivity index (χ3n) is 2.42. The summed E-state index contributed by atoms with van der Waals surface area (Å²) < 4.78 is 1.75. The van der Waals surface area contributed by atoms with Gasteiger partial charge in [0.25, 0.3) is 5.69 Å². The summed E-state index contributed by atoms with van der Waals surface area (Å²) in [5.74, 6) is -0.698. The van der Waals surface area contributed by atoms with Crippen LogP contribution in [0.5, 0.6) is 0 Å². The molecule has 19 heavy (non-hydrogen) atoms. The van der Waals surface area contributed by atoms with Crippen molar-refractivity contribution < 1.29 is 9.72 Å². The summed E-state index contributed by atoms with van der Waals surface area (Å²) in [5.41, 5.74) is 5.05. The highest BCUT2D eigenvalue weighted by atomic mass is 32.2. The SMILES string of the molecule is Cn1ccnc1Sc1ccc(C(N)=O)cc1[N+](=O)[O-]. The fourth-order valence-electron chi connectivity index (χ4n) is 1.45. The van der Waals surface area contributed by atoms with Crippen LogP contribution in [0, 0.1) is 10.1 Å². The van der Waals surface area contributed by atoms with Gasteiger partial charge in [0.15, 0.2) is 5.16 Å². The number of nitrogens with zero attached hydrogens (tertiary/aromatic N) is 3. The molecule has 0 aliphatic rings. The highest BCUT2D eigenvalue weighted by Crippen LogP contribution is 2.34. The van der Waals surface area contributed by atoms with E-state index in [-0.39, 0.29) is 11.3 Å². The predicted octanol–water partition coefficient (Wildman–Crippen LogP) is 1.58. The monoisotopic (exact) mass is 278 g/mol. The summed E-state index contributed by atoms with van der Waals surface area (Å²) in [6.07, 6.45) is 3.35. The first-order chi connectivity index (χ1) is 8.99. The number of aromatic nitrogens is 2. The van der Waals surface area contributed by atoms with Crippen molar-refractivity contribution in [2.24, 2.45) is 12.8 Å². The lowest BCUT2D eigenvalue weighted by molar-refractivity contribution is -0.387. The predicted molar refractivity (Wildman–Crippen MR) is 68.9 cm³/mol. The van der Waals surface area contributed by atoms with Crippen molar-refractivity contribution in [3.8, 4) is 0 Å². The van der Waals surface area contributed by atoms with Crippen LogP contribution in [0.25, 0.3) is 0 Å². The lowest BCUT2D eigenvalue weighted by Crippen LogP contribution is -2.11. The molecule has 98 valence electrons. The van der Waals surface area contributed by atoms with Gasteiger partial charge in [-0.2, -0.15) is 0 Å². The standard InChI is InChI=1S/C11H10N4O3S/c1-14-5-4-13-11(14)19-9-3-2-7(10(12)16)6-8(9)15(17)18/h2-6H,1H3,(H2,12,16). The van der Waals surface area contributed by atoms with Crippen molar-refractivity contribution in [1.82, 2.24) is 9.55 Å². The molecule has 8 heteroatoms. The molecule has 0 radical (unpaired) electrons. The zero-order valence-electron chi connectivity index (χ0n) is 9.94. The number of nitro benzene ring substituents is 1. The number of primary amides is 1. The molecule has 0 saturated carbocycles. The smallest absolute Gasteiger partial charge is 0.284 e. The third-order valence-corrected chi connectivity index (χ3v) is 3.56. The van der Waals surface area contributed by atoms with E-state index in [1.165, 1.54) is 18.2 Å². The molecule has 0 fully saturated rings. The van der Waals surface area contributed by atoms with E-state index < -0.39 is 10.8 Å². The number of benzene rings is 1. The van der Waals surface area contributed by atoms with Gasteiger partial charge in [0.2, 0.25) is 5.91 Å². The largest absolute Gasteiger partial charge is 0.366 e. The Morgan fingerprint density at radius 3 is 2.79 bits per heavy atom. The highest BCUT2D eigenvalue weighted by Gasteiger charge is 2.18. The second-order valence-electron chi connectivity index (χ2n) is 3.73. The van der Waals surface area contributed by atoms with E-state index in [0.717, 1.165) is 11.8 Å². The average molecular weight is 278 g/mol. The van der Waals surface area contributed by atoms with Gasteiger partial charge in [0, 0.05) is 31.1 Å². The number of rotatable bonds is 4. The van der Waals surface area contributed by atoms with Crippen LogP contribution >= 0.6 is 11.8 Å². The number of hydrogen-bond acceptors (Lipinski definition) is 5. The third kappa shape index (κ3) is 2.74. The van der Waals surface area contributed by atoms with Crippen molar-refractivity contribution >= 4 is 23.4 Å². The molecular formula is C11H10N4O3S. The topological polar surface area (TPSA) is 104 Å². The maximum atomic E-state index is 11.0. The van der Waals surface area contributed by atoms with E-state index in [0.29, 0.717) is 10.1 Å². The number of carbonyl (C=O) groups is 1. The van der Waals surface area contributed by atoms with Crippen LogP contribution in [0.1, 0.15) is 10.4 Å². The van der Waals surface area contributed by atoms with E-state index in [1.54, 1.807) is 24.0 Å². The number of amides is 1. The molecule has 0 unspecified atom stereocenters. The van der Waals surface area contributed by atoms with Crippen LogP contribution in [0.15, 0.2) is 40.6 Å². The Morgan fingerprint density at radius 1 is 1.53 bits per heavy atom. The summed E-state index contributed by atoms with van der Waals surface area (Å²) in [7, 11) is 1.79. The molecule has 1 amide bonds. The minimum Gasteiger partial charge on any atom is -0.366 e. The first-order valence-corrected chi connectivity index (χ1v) is 6.04. The number of nitrogens with two attached hydrogens (primary N) is 1. The molecule has 2 rings (SSSR count). The highest BCUT2D eigenvalue weighted by molar-refractivity contribution is 7.99. The minimum absolute atomic E-state index is 0.107. The summed E-state index contributed by atoms with van der Waals surface area (Å²) in [6, 6.07) is 4.13. The molecule has 7 nitrogen and oxygen atoms in total. The average Bonchev–Trinajstić information content (AvgIpc) is 2.75. The molecule has 1 aromatic carbocycles. The minimum atomic E-state index is -0.698. The van der Waals surface area contributed by atoms with Gasteiger partial charge in [-0.3, -0.25) is 14.9 Å². The van der Waals surface area contributed by atoms with Crippen molar-refractivity contribution in [2.75, 3.05) is 0 Å². The quantitative estimate of drug-likeness (QED) is 0.675. The van der Waals surface area contributed by atoms with E-state index >= 15 is 0 Å². The van der Waals surface area contributed by atoms with Crippen LogP contribution < -0.4 is 5.73 Å². The van der Waals surface area contributed by atoms with Gasteiger partial charge in [-0.1, -0.05) is 0 Å². The summed E-state index contributed by atoms with van der Waals surface area (Å²) in [4.78, 5) is 26.0. The Balaban J connectivity index is 2.43. The number of hydrogen-bond donors (Lipinski definition) is 1. The number of nitro groups is 1. The Morgan fingerprint density at radius 2 is 2.26 bits per heavy atom. The molecule has 0 atom stereocenters. The maximum Gasteiger partial charge on any atom is 0.284 e. The van der Waals surface area contributed by atoms with E-state index in [1.807, 2.05) is 0 Å². The van der Waals surface area contributed by atoms with Gasteiger partial charge < -0.3 is 10.3 Å². The molecule has 2 aromatic rings. The zero-order valence-corrected chi connectivity index (χ0v) is 10.8. The molecule has 0 saturated heterocycles. The molecule has 0 spiro atoms. The van der Waals surface area contributed by atoms with Gasteiger partial charge >= 0.3 is 0 Å². The first kappa shape index (κ1) is 13.1. The van der Waals surface area contributed by atoms with E-state index in [4.69, 9.17) is 5.73 Å². The Bertz CT molecular complexity index is 653. The molecular weight excluding hydrogens is 268 g/mol. The van der Waals surface area contributed by atoms with Crippen LogP contribution in [0.3, 0.4) is 0 Å². The fraction of sp³-hybridized carbons (Fsp3) is 0.0909. The van der Waals surface area contributed by atoms with Crippen LogP contribution in [0.4, 0.5) is 5.69 Å². The van der Waals surface area contributed by atoms with Gasteiger partial charge in [0.1, 0.15) is 0 Å². The lowest BCUT2D eigenvalue weighted by Gasteiger charge is -2.04. The fourth-order valence-corrected chi connectivity index (χ4v) is 2.34. The Labute approximate surface area is 112 Å².